The second kappa shape index (κ2) is 5.14. The fourth-order valence-electron chi connectivity index (χ4n) is 1.36. The third-order valence-corrected chi connectivity index (χ3v) is 3.28. The summed E-state index contributed by atoms with van der Waals surface area (Å²) in [6, 6.07) is 7.16. The number of hydrogen-bond acceptors (Lipinski definition) is 2. The number of aryl methyl sites for hydroxylation is 1. The first-order valence-electron chi connectivity index (χ1n) is 4.90. The maximum absolute atomic E-state index is 13.6. The van der Waals surface area contributed by atoms with E-state index >= 15 is 0 Å². The van der Waals surface area contributed by atoms with E-state index in [2.05, 4.69) is 42.2 Å². The Labute approximate surface area is 116 Å². The number of hydrogen-bond donors (Lipinski definition) is 1. The SMILES string of the molecule is Cc1ccc(Nc2ncc(Br)cc2F)c(Br)c1. The monoisotopic (exact) mass is 358 g/mol. The predicted molar refractivity (Wildman–Crippen MR) is 74.1 cm³/mol. The Bertz CT molecular complexity index is 509. The van der Waals surface area contributed by atoms with E-state index < -0.39 is 5.82 Å². The van der Waals surface area contributed by atoms with Gasteiger partial charge in [0.05, 0.1) is 5.69 Å². The van der Waals surface area contributed by atoms with Crippen LogP contribution in [0.5, 0.6) is 0 Å². The summed E-state index contributed by atoms with van der Waals surface area (Å²) in [6.07, 6.45) is 1.55. The molecule has 0 atom stereocenters. The van der Waals surface area contributed by atoms with Crippen molar-refractivity contribution in [2.45, 2.75) is 6.92 Å². The lowest BCUT2D eigenvalue weighted by Crippen LogP contribution is -1.97. The molecule has 0 radical (unpaired) electrons. The Hall–Kier alpha value is -0.940. The van der Waals surface area contributed by atoms with E-state index in [1.54, 1.807) is 6.20 Å². The summed E-state index contributed by atoms with van der Waals surface area (Å²) in [4.78, 5) is 3.98. The van der Waals surface area contributed by atoms with Gasteiger partial charge in [-0.1, -0.05) is 6.07 Å². The predicted octanol–water partition coefficient (Wildman–Crippen LogP) is 4.80. The van der Waals surface area contributed by atoms with Crippen molar-refractivity contribution in [1.29, 1.82) is 0 Å². The van der Waals surface area contributed by atoms with Gasteiger partial charge in [0.25, 0.3) is 0 Å². The van der Waals surface area contributed by atoms with E-state index in [0.29, 0.717) is 4.47 Å². The summed E-state index contributed by atoms with van der Waals surface area (Å²) in [6.45, 7) is 1.99. The molecule has 0 saturated carbocycles. The number of nitrogens with one attached hydrogen (secondary N) is 1. The largest absolute Gasteiger partial charge is 0.337 e. The number of anilines is 2. The number of benzene rings is 1. The molecule has 0 aliphatic carbocycles. The Kier molecular flexibility index (Phi) is 3.79. The van der Waals surface area contributed by atoms with E-state index in [1.165, 1.54) is 6.07 Å². The normalized spacial score (nSPS) is 10.4. The van der Waals surface area contributed by atoms with Crippen LogP contribution in [-0.2, 0) is 0 Å². The maximum atomic E-state index is 13.6. The second-order valence-electron chi connectivity index (χ2n) is 3.59. The van der Waals surface area contributed by atoms with Crippen LogP contribution >= 0.6 is 31.9 Å². The zero-order valence-corrected chi connectivity index (χ0v) is 12.1. The average Bonchev–Trinajstić information content (AvgIpc) is 2.25. The van der Waals surface area contributed by atoms with Crippen LogP contribution in [0.2, 0.25) is 0 Å². The Morgan fingerprint density at radius 1 is 1.24 bits per heavy atom. The smallest absolute Gasteiger partial charge is 0.166 e. The molecule has 0 spiro atoms. The highest BCUT2D eigenvalue weighted by molar-refractivity contribution is 9.10. The minimum Gasteiger partial charge on any atom is -0.337 e. The molecular formula is C12H9Br2FN2. The molecule has 0 aliphatic rings. The van der Waals surface area contributed by atoms with Gasteiger partial charge in [-0.3, -0.25) is 0 Å². The summed E-state index contributed by atoms with van der Waals surface area (Å²) < 4.78 is 15.1. The molecule has 1 heterocycles. The first-order valence-corrected chi connectivity index (χ1v) is 6.49. The van der Waals surface area contributed by atoms with Crippen LogP contribution < -0.4 is 5.32 Å². The molecular weight excluding hydrogens is 351 g/mol. The molecule has 5 heteroatoms. The van der Waals surface area contributed by atoms with Gasteiger partial charge in [0.2, 0.25) is 0 Å². The first-order chi connectivity index (χ1) is 8.06. The molecule has 0 aliphatic heterocycles. The van der Waals surface area contributed by atoms with Gasteiger partial charge in [0.1, 0.15) is 0 Å². The van der Waals surface area contributed by atoms with E-state index in [-0.39, 0.29) is 5.82 Å². The third-order valence-electron chi connectivity index (χ3n) is 2.19. The summed E-state index contributed by atoms with van der Waals surface area (Å²) in [5, 5.41) is 2.94. The zero-order valence-electron chi connectivity index (χ0n) is 8.97. The highest BCUT2D eigenvalue weighted by Crippen LogP contribution is 2.27. The molecule has 0 unspecified atom stereocenters. The molecule has 2 rings (SSSR count). The standard InChI is InChI=1S/C12H9Br2FN2/c1-7-2-3-11(9(14)4-7)17-12-10(15)5-8(13)6-16-12/h2-6H,1H3,(H,16,17). The van der Waals surface area contributed by atoms with Gasteiger partial charge in [-0.2, -0.15) is 0 Å². The molecule has 2 aromatic rings. The van der Waals surface area contributed by atoms with E-state index in [0.717, 1.165) is 15.7 Å². The molecule has 88 valence electrons. The molecule has 1 aromatic carbocycles. The van der Waals surface area contributed by atoms with Crippen molar-refractivity contribution in [3.05, 3.63) is 50.8 Å². The van der Waals surface area contributed by atoms with E-state index in [9.17, 15) is 4.39 Å². The van der Waals surface area contributed by atoms with Crippen LogP contribution in [0.3, 0.4) is 0 Å². The number of rotatable bonds is 2. The van der Waals surface area contributed by atoms with Crippen molar-refractivity contribution in [1.82, 2.24) is 4.98 Å². The van der Waals surface area contributed by atoms with Crippen molar-refractivity contribution < 1.29 is 4.39 Å². The highest BCUT2D eigenvalue weighted by atomic mass is 79.9. The third kappa shape index (κ3) is 3.04. The van der Waals surface area contributed by atoms with Gasteiger partial charge in [0, 0.05) is 15.1 Å². The van der Waals surface area contributed by atoms with E-state index in [1.807, 2.05) is 25.1 Å². The van der Waals surface area contributed by atoms with Crippen molar-refractivity contribution in [2.75, 3.05) is 5.32 Å². The minimum atomic E-state index is -0.396. The fraction of sp³-hybridized carbons (Fsp3) is 0.0833. The van der Waals surface area contributed by atoms with Gasteiger partial charge in [-0.05, 0) is 62.5 Å². The van der Waals surface area contributed by atoms with Crippen molar-refractivity contribution >= 4 is 43.4 Å². The summed E-state index contributed by atoms with van der Waals surface area (Å²) in [5.74, 6) is -0.190. The number of halogens is 3. The lowest BCUT2D eigenvalue weighted by Gasteiger charge is -2.09. The lowest BCUT2D eigenvalue weighted by molar-refractivity contribution is 0.625. The quantitative estimate of drug-likeness (QED) is 0.833. The topological polar surface area (TPSA) is 24.9 Å². The molecule has 0 amide bonds. The van der Waals surface area contributed by atoms with Gasteiger partial charge < -0.3 is 5.32 Å². The molecule has 1 aromatic heterocycles. The van der Waals surface area contributed by atoms with Crippen LogP contribution in [0.25, 0.3) is 0 Å². The fourth-order valence-corrected chi connectivity index (χ4v) is 2.25. The second-order valence-corrected chi connectivity index (χ2v) is 5.36. The van der Waals surface area contributed by atoms with Crippen LogP contribution in [0, 0.1) is 12.7 Å². The molecule has 0 saturated heterocycles. The molecule has 0 bridgehead atoms. The van der Waals surface area contributed by atoms with Gasteiger partial charge in [0.15, 0.2) is 11.6 Å². The molecule has 2 nitrogen and oxygen atoms in total. The maximum Gasteiger partial charge on any atom is 0.166 e. The zero-order chi connectivity index (χ0) is 12.4. The van der Waals surface area contributed by atoms with Crippen LogP contribution in [0.15, 0.2) is 39.4 Å². The number of pyridine rings is 1. The molecule has 0 fully saturated rings. The minimum absolute atomic E-state index is 0.206. The molecule has 1 N–H and O–H groups in total. The molecule has 17 heavy (non-hydrogen) atoms. The van der Waals surface area contributed by atoms with E-state index in [4.69, 9.17) is 0 Å². The van der Waals surface area contributed by atoms with Crippen molar-refractivity contribution in [3.63, 3.8) is 0 Å². The van der Waals surface area contributed by atoms with Crippen molar-refractivity contribution in [2.24, 2.45) is 0 Å². The van der Waals surface area contributed by atoms with Gasteiger partial charge in [-0.15, -0.1) is 0 Å². The Morgan fingerprint density at radius 2 is 2.00 bits per heavy atom. The van der Waals surface area contributed by atoms with Crippen LogP contribution in [0.4, 0.5) is 15.9 Å². The summed E-state index contributed by atoms with van der Waals surface area (Å²) >= 11 is 6.59. The Morgan fingerprint density at radius 3 is 2.65 bits per heavy atom. The summed E-state index contributed by atoms with van der Waals surface area (Å²) in [7, 11) is 0. The lowest BCUT2D eigenvalue weighted by atomic mass is 10.2. The first kappa shape index (κ1) is 12.5. The van der Waals surface area contributed by atoms with Gasteiger partial charge in [-0.25, -0.2) is 9.37 Å². The average molecular weight is 360 g/mol. The summed E-state index contributed by atoms with van der Waals surface area (Å²) in [5.41, 5.74) is 1.91. The number of nitrogens with zero attached hydrogens (tertiary/aromatic N) is 1. The number of aromatic nitrogens is 1. The Balaban J connectivity index is 2.31. The van der Waals surface area contributed by atoms with Crippen molar-refractivity contribution in [3.8, 4) is 0 Å². The highest BCUT2D eigenvalue weighted by Gasteiger charge is 2.06. The van der Waals surface area contributed by atoms with Crippen LogP contribution in [-0.4, -0.2) is 4.98 Å². The van der Waals surface area contributed by atoms with Gasteiger partial charge >= 0.3 is 0 Å². The van der Waals surface area contributed by atoms with Crippen LogP contribution in [0.1, 0.15) is 5.56 Å².